The third-order valence-electron chi connectivity index (χ3n) is 2.79. The van der Waals surface area contributed by atoms with Crippen molar-refractivity contribution in [1.82, 2.24) is 4.98 Å². The Balaban J connectivity index is 2.26. The number of nitrogens with two attached hydrogens (primary N) is 1. The molecule has 1 aromatic carbocycles. The first-order chi connectivity index (χ1) is 8.10. The minimum absolute atomic E-state index is 0.322. The maximum atomic E-state index is 11.0. The number of carboxylic acids is 1. The fourth-order valence-corrected chi connectivity index (χ4v) is 2.60. The van der Waals surface area contributed by atoms with Crippen LogP contribution in [0.2, 0.25) is 0 Å². The summed E-state index contributed by atoms with van der Waals surface area (Å²) in [6.07, 6.45) is 1.19. The zero-order valence-electron chi connectivity index (χ0n) is 9.51. The molecule has 1 atom stereocenters. The maximum Gasteiger partial charge on any atom is 0.306 e. The number of thiazole rings is 1. The monoisotopic (exact) mass is 250 g/mol. The zero-order chi connectivity index (χ0) is 12.4. The predicted molar refractivity (Wildman–Crippen MR) is 69.2 cm³/mol. The highest BCUT2D eigenvalue weighted by atomic mass is 32.1. The molecule has 0 bridgehead atoms. The number of carbonyl (C=O) groups is 1. The quantitative estimate of drug-likeness (QED) is 0.874. The summed E-state index contributed by atoms with van der Waals surface area (Å²) in [5, 5.41) is 9.57. The standard InChI is InChI=1S/C12H14N2O2S/c1-2-8(11(15)16)5-7-3-4-9-10(6-7)17-12(13)14-9/h3-4,6,8H,2,5H2,1H3,(H2,13,14)(H,15,16). The molecule has 0 spiro atoms. The van der Waals surface area contributed by atoms with Gasteiger partial charge in [-0.05, 0) is 30.5 Å². The summed E-state index contributed by atoms with van der Waals surface area (Å²) >= 11 is 1.43. The first-order valence-electron chi connectivity index (χ1n) is 5.48. The third kappa shape index (κ3) is 2.55. The lowest BCUT2D eigenvalue weighted by atomic mass is 9.97. The van der Waals surface area contributed by atoms with Crippen LogP contribution >= 0.6 is 11.3 Å². The smallest absolute Gasteiger partial charge is 0.306 e. The molecule has 0 saturated heterocycles. The van der Waals surface area contributed by atoms with Gasteiger partial charge in [0, 0.05) is 0 Å². The molecule has 1 heterocycles. The Morgan fingerprint density at radius 1 is 1.59 bits per heavy atom. The predicted octanol–water partition coefficient (Wildman–Crippen LogP) is 2.53. The van der Waals surface area contributed by atoms with E-state index in [2.05, 4.69) is 4.98 Å². The minimum Gasteiger partial charge on any atom is -0.481 e. The Morgan fingerprint density at radius 2 is 2.35 bits per heavy atom. The van der Waals surface area contributed by atoms with Crippen molar-refractivity contribution in [3.05, 3.63) is 23.8 Å². The lowest BCUT2D eigenvalue weighted by molar-refractivity contribution is -0.141. The van der Waals surface area contributed by atoms with Gasteiger partial charge in [-0.25, -0.2) is 4.98 Å². The molecular formula is C12H14N2O2S. The zero-order valence-corrected chi connectivity index (χ0v) is 10.3. The van der Waals surface area contributed by atoms with E-state index < -0.39 is 5.97 Å². The van der Waals surface area contributed by atoms with Gasteiger partial charge in [-0.1, -0.05) is 24.3 Å². The topological polar surface area (TPSA) is 76.2 Å². The number of nitrogen functional groups attached to an aromatic ring is 1. The van der Waals surface area contributed by atoms with Gasteiger partial charge in [-0.15, -0.1) is 0 Å². The third-order valence-corrected chi connectivity index (χ3v) is 3.64. The van der Waals surface area contributed by atoms with E-state index in [9.17, 15) is 4.79 Å². The molecule has 0 aliphatic carbocycles. The molecule has 4 nitrogen and oxygen atoms in total. The van der Waals surface area contributed by atoms with Gasteiger partial charge in [0.1, 0.15) is 0 Å². The molecule has 2 rings (SSSR count). The molecule has 0 aliphatic rings. The number of hydrogen-bond acceptors (Lipinski definition) is 4. The Labute approximate surface area is 103 Å². The number of hydrogen-bond donors (Lipinski definition) is 2. The molecule has 2 aromatic rings. The van der Waals surface area contributed by atoms with Crippen LogP contribution in [0.5, 0.6) is 0 Å². The maximum absolute atomic E-state index is 11.0. The second-order valence-electron chi connectivity index (χ2n) is 4.00. The van der Waals surface area contributed by atoms with Crippen molar-refractivity contribution in [3.8, 4) is 0 Å². The number of rotatable bonds is 4. The molecule has 90 valence electrons. The van der Waals surface area contributed by atoms with Gasteiger partial charge in [0.05, 0.1) is 16.1 Å². The van der Waals surface area contributed by atoms with E-state index in [1.54, 1.807) is 0 Å². The first-order valence-corrected chi connectivity index (χ1v) is 6.29. The molecule has 1 unspecified atom stereocenters. The molecular weight excluding hydrogens is 236 g/mol. The van der Waals surface area contributed by atoms with E-state index in [1.807, 2.05) is 25.1 Å². The summed E-state index contributed by atoms with van der Waals surface area (Å²) in [4.78, 5) is 15.1. The SMILES string of the molecule is CCC(Cc1ccc2nc(N)sc2c1)C(=O)O. The Morgan fingerprint density at radius 3 is 3.00 bits per heavy atom. The van der Waals surface area contributed by atoms with Crippen LogP contribution in [0.3, 0.4) is 0 Å². The lowest BCUT2D eigenvalue weighted by Gasteiger charge is -2.09. The van der Waals surface area contributed by atoms with Gasteiger partial charge in [-0.2, -0.15) is 0 Å². The van der Waals surface area contributed by atoms with Crippen LogP contribution in [-0.4, -0.2) is 16.1 Å². The average molecular weight is 250 g/mol. The van der Waals surface area contributed by atoms with Gasteiger partial charge in [-0.3, -0.25) is 4.79 Å². The van der Waals surface area contributed by atoms with Crippen molar-refractivity contribution in [3.63, 3.8) is 0 Å². The number of aliphatic carboxylic acids is 1. The summed E-state index contributed by atoms with van der Waals surface area (Å²) in [5.41, 5.74) is 7.53. The molecule has 0 amide bonds. The van der Waals surface area contributed by atoms with Crippen molar-refractivity contribution in [1.29, 1.82) is 0 Å². The molecule has 0 radical (unpaired) electrons. The number of anilines is 1. The lowest BCUT2D eigenvalue weighted by Crippen LogP contribution is -2.15. The van der Waals surface area contributed by atoms with Crippen LogP contribution in [0.4, 0.5) is 5.13 Å². The van der Waals surface area contributed by atoms with Crippen LogP contribution in [0.25, 0.3) is 10.2 Å². The van der Waals surface area contributed by atoms with E-state index >= 15 is 0 Å². The summed E-state index contributed by atoms with van der Waals surface area (Å²) in [5.74, 6) is -1.06. The highest BCUT2D eigenvalue weighted by Crippen LogP contribution is 2.25. The van der Waals surface area contributed by atoms with Crippen molar-refractivity contribution in [2.75, 3.05) is 5.73 Å². The highest BCUT2D eigenvalue weighted by molar-refractivity contribution is 7.22. The van der Waals surface area contributed by atoms with Crippen molar-refractivity contribution in [2.45, 2.75) is 19.8 Å². The summed E-state index contributed by atoms with van der Waals surface area (Å²) in [6.45, 7) is 1.89. The molecule has 3 N–H and O–H groups in total. The van der Waals surface area contributed by atoms with E-state index in [-0.39, 0.29) is 5.92 Å². The second kappa shape index (κ2) is 4.71. The second-order valence-corrected chi connectivity index (χ2v) is 5.06. The normalized spacial score (nSPS) is 12.8. The molecule has 5 heteroatoms. The van der Waals surface area contributed by atoms with Crippen LogP contribution in [-0.2, 0) is 11.2 Å². The van der Waals surface area contributed by atoms with Crippen LogP contribution in [0, 0.1) is 5.92 Å². The van der Waals surface area contributed by atoms with Gasteiger partial charge in [0.15, 0.2) is 5.13 Å². The van der Waals surface area contributed by atoms with E-state index in [0.29, 0.717) is 18.0 Å². The van der Waals surface area contributed by atoms with Crippen molar-refractivity contribution < 1.29 is 9.90 Å². The molecule has 17 heavy (non-hydrogen) atoms. The molecule has 0 fully saturated rings. The van der Waals surface area contributed by atoms with Crippen LogP contribution in [0.1, 0.15) is 18.9 Å². The highest BCUT2D eigenvalue weighted by Gasteiger charge is 2.15. The molecule has 1 aromatic heterocycles. The van der Waals surface area contributed by atoms with Gasteiger partial charge >= 0.3 is 5.97 Å². The number of nitrogens with zero attached hydrogens (tertiary/aromatic N) is 1. The number of fused-ring (bicyclic) bond motifs is 1. The van der Waals surface area contributed by atoms with E-state index in [0.717, 1.165) is 15.8 Å². The van der Waals surface area contributed by atoms with Gasteiger partial charge in [0.2, 0.25) is 0 Å². The molecule has 0 aliphatic heterocycles. The number of carboxylic acid groups (broad SMARTS) is 1. The van der Waals surface area contributed by atoms with Crippen LogP contribution < -0.4 is 5.73 Å². The van der Waals surface area contributed by atoms with E-state index in [1.165, 1.54) is 11.3 Å². The number of aromatic nitrogens is 1. The largest absolute Gasteiger partial charge is 0.481 e. The van der Waals surface area contributed by atoms with Crippen LogP contribution in [0.15, 0.2) is 18.2 Å². The average Bonchev–Trinajstić information content (AvgIpc) is 2.64. The summed E-state index contributed by atoms with van der Waals surface area (Å²) < 4.78 is 1.01. The van der Waals surface area contributed by atoms with E-state index in [4.69, 9.17) is 10.8 Å². The van der Waals surface area contributed by atoms with Crippen molar-refractivity contribution in [2.24, 2.45) is 5.92 Å². The first kappa shape index (κ1) is 11.9. The van der Waals surface area contributed by atoms with Gasteiger partial charge < -0.3 is 10.8 Å². The number of benzene rings is 1. The summed E-state index contributed by atoms with van der Waals surface area (Å²) in [7, 11) is 0. The Kier molecular flexibility index (Phi) is 3.28. The van der Waals surface area contributed by atoms with Gasteiger partial charge in [0.25, 0.3) is 0 Å². The summed E-state index contributed by atoms with van der Waals surface area (Å²) in [6, 6.07) is 5.80. The minimum atomic E-state index is -0.739. The Hall–Kier alpha value is -1.62. The fourth-order valence-electron chi connectivity index (χ4n) is 1.80. The van der Waals surface area contributed by atoms with Crippen molar-refractivity contribution >= 4 is 32.7 Å². The Bertz CT molecular complexity index is 550. The fraction of sp³-hybridized carbons (Fsp3) is 0.333. The molecule has 0 saturated carbocycles.